The minimum atomic E-state index is -0.306. The van der Waals surface area contributed by atoms with Crippen LogP contribution in [0.25, 0.3) is 0 Å². The molecule has 5 nitrogen and oxygen atoms in total. The Hall–Kier alpha value is -1.83. The Morgan fingerprint density at radius 2 is 1.93 bits per heavy atom. The molecule has 1 aromatic carbocycles. The molecule has 1 aromatic heterocycles. The lowest BCUT2D eigenvalue weighted by Gasteiger charge is -2.37. The third-order valence-corrected chi connectivity index (χ3v) is 5.51. The molecule has 1 saturated heterocycles. The number of anilines is 1. The minimum Gasteiger partial charge on any atom is -0.372 e. The van der Waals surface area contributed by atoms with E-state index >= 15 is 0 Å². The highest BCUT2D eigenvalue weighted by atomic mass is 35.5. The average Bonchev–Trinajstić information content (AvgIpc) is 3.02. The zero-order valence-electron chi connectivity index (χ0n) is 15.3. The fourth-order valence-corrected chi connectivity index (χ4v) is 4.18. The first kappa shape index (κ1) is 19.9. The van der Waals surface area contributed by atoms with E-state index in [1.165, 1.54) is 17.4 Å². The van der Waals surface area contributed by atoms with Crippen molar-refractivity contribution in [2.45, 2.75) is 39.1 Å². The van der Waals surface area contributed by atoms with Gasteiger partial charge < -0.3 is 20.3 Å². The van der Waals surface area contributed by atoms with Crippen molar-refractivity contribution in [1.82, 2.24) is 10.6 Å². The summed E-state index contributed by atoms with van der Waals surface area (Å²) in [6.45, 7) is 5.96. The first-order chi connectivity index (χ1) is 12.9. The zero-order valence-corrected chi connectivity index (χ0v) is 16.9. The number of carbonyl (C=O) groups is 1. The fourth-order valence-electron chi connectivity index (χ4n) is 3.15. The van der Waals surface area contributed by atoms with Gasteiger partial charge in [-0.1, -0.05) is 17.7 Å². The maximum absolute atomic E-state index is 14.6. The fraction of sp³-hybridized carbons (Fsp3) is 0.421. The predicted octanol–water partition coefficient (Wildman–Crippen LogP) is 4.15. The second-order valence-corrected chi connectivity index (χ2v) is 8.49. The highest BCUT2D eigenvalue weighted by Gasteiger charge is 2.24. The lowest BCUT2D eigenvalue weighted by atomic mass is 10.1. The number of amides is 2. The SMILES string of the molecule is C[C@H]1CN(c2ccc(CNC(=O)NCc3ccc(Cl)s3)cc2F)C[C@H](C)O1. The van der Waals surface area contributed by atoms with Gasteiger partial charge in [0, 0.05) is 24.5 Å². The zero-order chi connectivity index (χ0) is 19.4. The van der Waals surface area contributed by atoms with Gasteiger partial charge in [-0.05, 0) is 43.7 Å². The first-order valence-electron chi connectivity index (χ1n) is 8.85. The maximum atomic E-state index is 14.6. The van der Waals surface area contributed by atoms with Crippen LogP contribution in [-0.4, -0.2) is 31.3 Å². The summed E-state index contributed by atoms with van der Waals surface area (Å²) in [6, 6.07) is 8.43. The summed E-state index contributed by atoms with van der Waals surface area (Å²) >= 11 is 7.28. The smallest absolute Gasteiger partial charge is 0.315 e. The highest BCUT2D eigenvalue weighted by molar-refractivity contribution is 7.16. The van der Waals surface area contributed by atoms with E-state index in [0.717, 1.165) is 4.88 Å². The molecule has 2 heterocycles. The van der Waals surface area contributed by atoms with Crippen LogP contribution in [0, 0.1) is 5.82 Å². The standard InChI is InChI=1S/C19H23ClFN3O2S/c1-12-10-24(11-13(2)26-12)17-5-3-14(7-16(17)21)8-22-19(25)23-9-15-4-6-18(20)27-15/h3-7,12-13H,8-11H2,1-2H3,(H2,22,23,25)/t12-,13-/m0/s1. The molecule has 2 atom stereocenters. The summed E-state index contributed by atoms with van der Waals surface area (Å²) in [4.78, 5) is 14.9. The predicted molar refractivity (Wildman–Crippen MR) is 107 cm³/mol. The van der Waals surface area contributed by atoms with E-state index in [4.69, 9.17) is 16.3 Å². The van der Waals surface area contributed by atoms with E-state index in [1.54, 1.807) is 12.1 Å². The van der Waals surface area contributed by atoms with E-state index in [2.05, 4.69) is 10.6 Å². The Bertz CT molecular complexity index is 791. The Kier molecular flexibility index (Phi) is 6.57. The molecule has 0 radical (unpaired) electrons. The number of nitrogens with zero attached hydrogens (tertiary/aromatic N) is 1. The normalized spacial score (nSPS) is 19.8. The molecule has 2 amide bonds. The molecule has 0 aliphatic carbocycles. The first-order valence-corrected chi connectivity index (χ1v) is 10.0. The summed E-state index contributed by atoms with van der Waals surface area (Å²) in [5, 5.41) is 5.49. The van der Waals surface area contributed by atoms with Gasteiger partial charge in [0.2, 0.25) is 0 Å². The molecular weight excluding hydrogens is 389 g/mol. The Morgan fingerprint density at radius 1 is 1.22 bits per heavy atom. The summed E-state index contributed by atoms with van der Waals surface area (Å²) < 4.78 is 20.9. The van der Waals surface area contributed by atoms with Crippen LogP contribution in [0.1, 0.15) is 24.3 Å². The van der Waals surface area contributed by atoms with Crippen LogP contribution in [0.15, 0.2) is 30.3 Å². The van der Waals surface area contributed by atoms with Gasteiger partial charge >= 0.3 is 6.03 Å². The average molecular weight is 412 g/mol. The molecule has 2 aromatic rings. The number of halogens is 2. The van der Waals surface area contributed by atoms with Crippen molar-refractivity contribution in [3.63, 3.8) is 0 Å². The molecule has 1 aliphatic heterocycles. The van der Waals surface area contributed by atoms with Crippen LogP contribution >= 0.6 is 22.9 Å². The van der Waals surface area contributed by atoms with Gasteiger partial charge in [0.05, 0.1) is 28.8 Å². The van der Waals surface area contributed by atoms with E-state index < -0.39 is 0 Å². The number of rotatable bonds is 5. The molecule has 0 saturated carbocycles. The van der Waals surface area contributed by atoms with Gasteiger partial charge in [-0.2, -0.15) is 0 Å². The lowest BCUT2D eigenvalue weighted by Crippen LogP contribution is -2.45. The van der Waals surface area contributed by atoms with E-state index in [9.17, 15) is 9.18 Å². The van der Waals surface area contributed by atoms with E-state index in [0.29, 0.717) is 35.2 Å². The number of thiophene rings is 1. The van der Waals surface area contributed by atoms with Gasteiger partial charge in [-0.15, -0.1) is 11.3 Å². The van der Waals surface area contributed by atoms with Crippen molar-refractivity contribution in [3.05, 3.63) is 50.9 Å². The van der Waals surface area contributed by atoms with Crippen LogP contribution in [0.2, 0.25) is 4.34 Å². The number of morpholine rings is 1. The molecule has 0 bridgehead atoms. The van der Waals surface area contributed by atoms with Crippen LogP contribution in [0.3, 0.4) is 0 Å². The quantitative estimate of drug-likeness (QED) is 0.777. The van der Waals surface area contributed by atoms with Gasteiger partial charge in [-0.3, -0.25) is 0 Å². The third-order valence-electron chi connectivity index (χ3n) is 4.28. The van der Waals surface area contributed by atoms with Crippen molar-refractivity contribution in [2.75, 3.05) is 18.0 Å². The Balaban J connectivity index is 1.52. The van der Waals surface area contributed by atoms with Crippen molar-refractivity contribution in [1.29, 1.82) is 0 Å². The molecule has 0 unspecified atom stereocenters. The third kappa shape index (κ3) is 5.57. The number of carbonyl (C=O) groups excluding carboxylic acids is 1. The van der Waals surface area contributed by atoms with Gasteiger partial charge in [0.1, 0.15) is 5.82 Å². The number of hydrogen-bond acceptors (Lipinski definition) is 4. The molecule has 1 aliphatic rings. The van der Waals surface area contributed by atoms with Gasteiger partial charge in [0.25, 0.3) is 0 Å². The summed E-state index contributed by atoms with van der Waals surface area (Å²) in [5.74, 6) is -0.288. The monoisotopic (exact) mass is 411 g/mol. The van der Waals surface area contributed by atoms with Crippen LogP contribution in [0.4, 0.5) is 14.9 Å². The minimum absolute atomic E-state index is 0.0661. The number of urea groups is 1. The molecule has 8 heteroatoms. The highest BCUT2D eigenvalue weighted by Crippen LogP contribution is 2.24. The second-order valence-electron chi connectivity index (χ2n) is 6.69. The summed E-state index contributed by atoms with van der Waals surface area (Å²) in [5.41, 5.74) is 1.28. The topological polar surface area (TPSA) is 53.6 Å². The molecular formula is C19H23ClFN3O2S. The van der Waals surface area contributed by atoms with Crippen LogP contribution in [0.5, 0.6) is 0 Å². The van der Waals surface area contributed by atoms with E-state index in [-0.39, 0.29) is 30.6 Å². The number of benzene rings is 1. The Morgan fingerprint density at radius 3 is 2.56 bits per heavy atom. The molecule has 3 rings (SSSR count). The molecule has 146 valence electrons. The maximum Gasteiger partial charge on any atom is 0.315 e. The molecule has 1 fully saturated rings. The van der Waals surface area contributed by atoms with Crippen molar-refractivity contribution in [2.24, 2.45) is 0 Å². The summed E-state index contributed by atoms with van der Waals surface area (Å²) in [6.07, 6.45) is 0.132. The van der Waals surface area contributed by atoms with Crippen LogP contribution in [-0.2, 0) is 17.8 Å². The van der Waals surface area contributed by atoms with Crippen molar-refractivity contribution < 1.29 is 13.9 Å². The van der Waals surface area contributed by atoms with Crippen molar-refractivity contribution >= 4 is 34.7 Å². The second kappa shape index (κ2) is 8.91. The van der Waals surface area contributed by atoms with Gasteiger partial charge in [0.15, 0.2) is 0 Å². The van der Waals surface area contributed by atoms with E-state index in [1.807, 2.05) is 30.9 Å². The lowest BCUT2D eigenvalue weighted by molar-refractivity contribution is -0.00539. The molecule has 2 N–H and O–H groups in total. The number of hydrogen-bond donors (Lipinski definition) is 2. The number of nitrogens with one attached hydrogen (secondary N) is 2. The van der Waals surface area contributed by atoms with Crippen LogP contribution < -0.4 is 15.5 Å². The summed E-state index contributed by atoms with van der Waals surface area (Å²) in [7, 11) is 0. The largest absolute Gasteiger partial charge is 0.372 e. The van der Waals surface area contributed by atoms with Gasteiger partial charge in [-0.25, -0.2) is 9.18 Å². The molecule has 0 spiro atoms. The number of ether oxygens (including phenoxy) is 1. The van der Waals surface area contributed by atoms with Crippen molar-refractivity contribution in [3.8, 4) is 0 Å². The Labute approximate surface area is 167 Å². The molecule has 27 heavy (non-hydrogen) atoms.